The van der Waals surface area contributed by atoms with Gasteiger partial charge in [0.25, 0.3) is 0 Å². The standard InChI is InChI=1S/C17H24F2N2O/c1-3-11(4-2)17(22)21-16-10-20-8-7-13(16)12-5-6-14(18)15(19)9-12/h5-6,9,11,13,16,20H,3-4,7-8,10H2,1-2H3,(H,21,22). The fourth-order valence-corrected chi connectivity index (χ4v) is 3.11. The molecule has 0 radical (unpaired) electrons. The predicted octanol–water partition coefficient (Wildman–Crippen LogP) is 2.96. The highest BCUT2D eigenvalue weighted by Crippen LogP contribution is 2.27. The lowest BCUT2D eigenvalue weighted by Gasteiger charge is -2.34. The van der Waals surface area contributed by atoms with Crippen LogP contribution in [0.4, 0.5) is 8.78 Å². The number of hydrogen-bond donors (Lipinski definition) is 2. The highest BCUT2D eigenvalue weighted by molar-refractivity contribution is 5.79. The fourth-order valence-electron chi connectivity index (χ4n) is 3.11. The molecule has 1 aliphatic heterocycles. The Kier molecular flexibility index (Phi) is 5.89. The molecule has 22 heavy (non-hydrogen) atoms. The molecule has 1 amide bonds. The van der Waals surface area contributed by atoms with Gasteiger partial charge in [-0.15, -0.1) is 0 Å². The summed E-state index contributed by atoms with van der Waals surface area (Å²) in [7, 11) is 0. The third-order valence-electron chi connectivity index (χ3n) is 4.54. The van der Waals surface area contributed by atoms with Gasteiger partial charge in [0, 0.05) is 24.4 Å². The lowest BCUT2D eigenvalue weighted by Crippen LogP contribution is -2.51. The Morgan fingerprint density at radius 2 is 2.05 bits per heavy atom. The Morgan fingerprint density at radius 3 is 2.68 bits per heavy atom. The van der Waals surface area contributed by atoms with Crippen LogP contribution in [0.15, 0.2) is 18.2 Å². The summed E-state index contributed by atoms with van der Waals surface area (Å²) < 4.78 is 26.6. The van der Waals surface area contributed by atoms with E-state index >= 15 is 0 Å². The van der Waals surface area contributed by atoms with Crippen LogP contribution in [0, 0.1) is 17.6 Å². The summed E-state index contributed by atoms with van der Waals surface area (Å²) in [5.74, 6) is -1.61. The average Bonchev–Trinajstić information content (AvgIpc) is 2.52. The number of halogens is 2. The molecule has 3 nitrogen and oxygen atoms in total. The van der Waals surface area contributed by atoms with Crippen LogP contribution in [-0.2, 0) is 4.79 Å². The first-order valence-electron chi connectivity index (χ1n) is 8.02. The zero-order chi connectivity index (χ0) is 16.1. The maximum atomic E-state index is 13.5. The second-order valence-corrected chi connectivity index (χ2v) is 5.90. The second kappa shape index (κ2) is 7.68. The van der Waals surface area contributed by atoms with Crippen molar-refractivity contribution in [2.24, 2.45) is 5.92 Å². The number of hydrogen-bond acceptors (Lipinski definition) is 2. The van der Waals surface area contributed by atoms with Gasteiger partial charge in [-0.3, -0.25) is 4.79 Å². The van der Waals surface area contributed by atoms with Crippen molar-refractivity contribution in [3.05, 3.63) is 35.4 Å². The van der Waals surface area contributed by atoms with Crippen molar-refractivity contribution in [3.63, 3.8) is 0 Å². The topological polar surface area (TPSA) is 41.1 Å². The number of carbonyl (C=O) groups is 1. The van der Waals surface area contributed by atoms with Gasteiger partial charge in [-0.25, -0.2) is 8.78 Å². The lowest BCUT2D eigenvalue weighted by atomic mass is 9.85. The van der Waals surface area contributed by atoms with Crippen LogP contribution in [-0.4, -0.2) is 25.0 Å². The van der Waals surface area contributed by atoms with Gasteiger partial charge in [-0.05, 0) is 43.5 Å². The number of rotatable bonds is 5. The van der Waals surface area contributed by atoms with Crippen LogP contribution in [0.25, 0.3) is 0 Å². The van der Waals surface area contributed by atoms with E-state index in [1.54, 1.807) is 6.07 Å². The Bertz CT molecular complexity index is 517. The fraction of sp³-hybridized carbons (Fsp3) is 0.588. The van der Waals surface area contributed by atoms with Crippen molar-refractivity contribution in [1.29, 1.82) is 0 Å². The van der Waals surface area contributed by atoms with Crippen molar-refractivity contribution in [3.8, 4) is 0 Å². The summed E-state index contributed by atoms with van der Waals surface area (Å²) in [6.07, 6.45) is 2.40. The van der Waals surface area contributed by atoms with Gasteiger partial charge in [0.05, 0.1) is 0 Å². The first-order chi connectivity index (χ1) is 10.6. The van der Waals surface area contributed by atoms with Crippen LogP contribution >= 0.6 is 0 Å². The van der Waals surface area contributed by atoms with Crippen LogP contribution < -0.4 is 10.6 Å². The molecular formula is C17H24F2N2O. The Morgan fingerprint density at radius 1 is 1.32 bits per heavy atom. The van der Waals surface area contributed by atoms with Gasteiger partial charge in [0.1, 0.15) is 0 Å². The Balaban J connectivity index is 2.14. The molecule has 2 N–H and O–H groups in total. The Labute approximate surface area is 130 Å². The molecule has 1 saturated heterocycles. The second-order valence-electron chi connectivity index (χ2n) is 5.90. The summed E-state index contributed by atoms with van der Waals surface area (Å²) in [4.78, 5) is 12.3. The van der Waals surface area contributed by atoms with Gasteiger partial charge in [0.2, 0.25) is 5.91 Å². The molecule has 2 unspecified atom stereocenters. The van der Waals surface area contributed by atoms with Crippen LogP contribution in [0.5, 0.6) is 0 Å². The zero-order valence-corrected chi connectivity index (χ0v) is 13.2. The van der Waals surface area contributed by atoms with Gasteiger partial charge in [-0.1, -0.05) is 19.9 Å². The summed E-state index contributed by atoms with van der Waals surface area (Å²) in [6, 6.07) is 3.94. The van der Waals surface area contributed by atoms with E-state index in [2.05, 4.69) is 10.6 Å². The van der Waals surface area contributed by atoms with E-state index in [-0.39, 0.29) is 23.8 Å². The van der Waals surface area contributed by atoms with Crippen molar-refractivity contribution >= 4 is 5.91 Å². The maximum absolute atomic E-state index is 13.5. The molecule has 1 fully saturated rings. The van der Waals surface area contributed by atoms with E-state index in [4.69, 9.17) is 0 Å². The largest absolute Gasteiger partial charge is 0.351 e. The number of carbonyl (C=O) groups excluding carboxylic acids is 1. The van der Waals surface area contributed by atoms with E-state index in [0.717, 1.165) is 37.4 Å². The highest BCUT2D eigenvalue weighted by Gasteiger charge is 2.29. The minimum atomic E-state index is -0.838. The average molecular weight is 310 g/mol. The number of benzene rings is 1. The van der Waals surface area contributed by atoms with Crippen molar-refractivity contribution in [2.45, 2.75) is 45.1 Å². The first-order valence-corrected chi connectivity index (χ1v) is 8.02. The molecule has 1 aliphatic rings. The predicted molar refractivity (Wildman–Crippen MR) is 82.6 cm³/mol. The molecule has 0 aliphatic carbocycles. The first kappa shape index (κ1) is 16.9. The summed E-state index contributed by atoms with van der Waals surface area (Å²) in [5.41, 5.74) is 0.746. The smallest absolute Gasteiger partial charge is 0.223 e. The van der Waals surface area contributed by atoms with Crippen molar-refractivity contribution < 1.29 is 13.6 Å². The highest BCUT2D eigenvalue weighted by atomic mass is 19.2. The molecule has 0 aromatic heterocycles. The number of piperidine rings is 1. The molecule has 1 heterocycles. The van der Waals surface area contributed by atoms with Crippen LogP contribution in [0.1, 0.15) is 44.6 Å². The van der Waals surface area contributed by atoms with Crippen LogP contribution in [0.2, 0.25) is 0 Å². The van der Waals surface area contributed by atoms with Crippen molar-refractivity contribution in [1.82, 2.24) is 10.6 Å². The summed E-state index contributed by atoms with van der Waals surface area (Å²) >= 11 is 0. The normalized spacial score (nSPS) is 21.9. The SMILES string of the molecule is CCC(CC)C(=O)NC1CNCCC1c1ccc(F)c(F)c1. The van der Waals surface area contributed by atoms with E-state index in [1.807, 2.05) is 13.8 Å². The van der Waals surface area contributed by atoms with Gasteiger partial charge in [-0.2, -0.15) is 0 Å². The molecule has 5 heteroatoms. The summed E-state index contributed by atoms with van der Waals surface area (Å²) in [6.45, 7) is 5.45. The van der Waals surface area contributed by atoms with E-state index in [1.165, 1.54) is 6.07 Å². The molecule has 0 saturated carbocycles. The molecule has 122 valence electrons. The molecule has 2 atom stereocenters. The van der Waals surface area contributed by atoms with E-state index in [0.29, 0.717) is 6.54 Å². The molecule has 1 aromatic carbocycles. The van der Waals surface area contributed by atoms with Gasteiger partial charge in [0.15, 0.2) is 11.6 Å². The number of amides is 1. The van der Waals surface area contributed by atoms with E-state index in [9.17, 15) is 13.6 Å². The quantitative estimate of drug-likeness (QED) is 0.878. The van der Waals surface area contributed by atoms with E-state index < -0.39 is 11.6 Å². The molecule has 2 rings (SSSR count). The minimum absolute atomic E-state index is 0.00697. The molecular weight excluding hydrogens is 286 g/mol. The lowest BCUT2D eigenvalue weighted by molar-refractivity contribution is -0.126. The zero-order valence-electron chi connectivity index (χ0n) is 13.2. The summed E-state index contributed by atoms with van der Waals surface area (Å²) in [5, 5.41) is 6.34. The third-order valence-corrected chi connectivity index (χ3v) is 4.54. The maximum Gasteiger partial charge on any atom is 0.223 e. The molecule has 0 bridgehead atoms. The van der Waals surface area contributed by atoms with Crippen molar-refractivity contribution in [2.75, 3.05) is 13.1 Å². The monoisotopic (exact) mass is 310 g/mol. The number of nitrogens with one attached hydrogen (secondary N) is 2. The third kappa shape index (κ3) is 3.83. The van der Waals surface area contributed by atoms with Crippen LogP contribution in [0.3, 0.4) is 0 Å². The van der Waals surface area contributed by atoms with Gasteiger partial charge >= 0.3 is 0 Å². The molecule has 0 spiro atoms. The minimum Gasteiger partial charge on any atom is -0.351 e. The Hall–Kier alpha value is -1.49. The van der Waals surface area contributed by atoms with Gasteiger partial charge < -0.3 is 10.6 Å². The molecule has 1 aromatic rings.